The minimum atomic E-state index is -0.458. The highest BCUT2D eigenvalue weighted by Crippen LogP contribution is 2.26. The van der Waals surface area contributed by atoms with Gasteiger partial charge < -0.3 is 15.0 Å². The quantitative estimate of drug-likeness (QED) is 0.892. The molecule has 2 rings (SSSR count). The molecule has 0 radical (unpaired) electrons. The first-order chi connectivity index (χ1) is 8.50. The molecule has 2 aromatic rings. The molecule has 0 spiro atoms. The SMILES string of the molecule is Cn1c(C(=O)Nc2ncccc2O)cc(Cl)c1Cl. The van der Waals surface area contributed by atoms with Gasteiger partial charge in [0.25, 0.3) is 5.91 Å². The van der Waals surface area contributed by atoms with E-state index in [0.29, 0.717) is 0 Å². The summed E-state index contributed by atoms with van der Waals surface area (Å²) in [5.41, 5.74) is 0.273. The molecule has 0 fully saturated rings. The Bertz CT molecular complexity index is 610. The van der Waals surface area contributed by atoms with E-state index in [4.69, 9.17) is 23.2 Å². The van der Waals surface area contributed by atoms with Gasteiger partial charge >= 0.3 is 0 Å². The number of carbonyl (C=O) groups is 1. The number of hydrogen-bond donors (Lipinski definition) is 2. The molecule has 2 N–H and O–H groups in total. The smallest absolute Gasteiger partial charge is 0.273 e. The van der Waals surface area contributed by atoms with Crippen LogP contribution in [0.2, 0.25) is 10.2 Å². The fraction of sp³-hybridized carbons (Fsp3) is 0.0909. The van der Waals surface area contributed by atoms with Crippen LogP contribution in [-0.4, -0.2) is 20.6 Å². The van der Waals surface area contributed by atoms with Crippen molar-refractivity contribution in [2.45, 2.75) is 0 Å². The lowest BCUT2D eigenvalue weighted by Crippen LogP contribution is -2.16. The molecule has 7 heteroatoms. The highest BCUT2D eigenvalue weighted by Gasteiger charge is 2.17. The topological polar surface area (TPSA) is 67.2 Å². The Kier molecular flexibility index (Phi) is 3.45. The van der Waals surface area contributed by atoms with Crippen LogP contribution in [0.4, 0.5) is 5.82 Å². The van der Waals surface area contributed by atoms with Crippen LogP contribution in [0.5, 0.6) is 5.75 Å². The second-order valence-electron chi connectivity index (χ2n) is 3.55. The molecule has 2 heterocycles. The molecule has 18 heavy (non-hydrogen) atoms. The molecule has 0 saturated carbocycles. The van der Waals surface area contributed by atoms with Crippen molar-refractivity contribution in [3.63, 3.8) is 0 Å². The van der Waals surface area contributed by atoms with Gasteiger partial charge in [-0.1, -0.05) is 23.2 Å². The van der Waals surface area contributed by atoms with Gasteiger partial charge in [-0.2, -0.15) is 0 Å². The molecule has 2 aromatic heterocycles. The minimum absolute atomic E-state index is 0.0796. The van der Waals surface area contributed by atoms with Crippen molar-refractivity contribution in [2.24, 2.45) is 7.05 Å². The van der Waals surface area contributed by atoms with Gasteiger partial charge in [-0.25, -0.2) is 4.98 Å². The molecule has 0 unspecified atom stereocenters. The molecular weight excluding hydrogens is 277 g/mol. The van der Waals surface area contributed by atoms with Crippen LogP contribution in [0.15, 0.2) is 24.4 Å². The fourth-order valence-electron chi connectivity index (χ4n) is 1.42. The van der Waals surface area contributed by atoms with Gasteiger partial charge in [0.15, 0.2) is 11.6 Å². The fourth-order valence-corrected chi connectivity index (χ4v) is 1.80. The van der Waals surface area contributed by atoms with E-state index in [1.807, 2.05) is 0 Å². The summed E-state index contributed by atoms with van der Waals surface area (Å²) in [4.78, 5) is 15.8. The Morgan fingerprint density at radius 1 is 1.50 bits per heavy atom. The van der Waals surface area contributed by atoms with Crippen molar-refractivity contribution >= 4 is 34.9 Å². The van der Waals surface area contributed by atoms with Crippen LogP contribution in [0.3, 0.4) is 0 Å². The van der Waals surface area contributed by atoms with Crippen LogP contribution in [-0.2, 0) is 7.05 Å². The van der Waals surface area contributed by atoms with E-state index in [2.05, 4.69) is 10.3 Å². The summed E-state index contributed by atoms with van der Waals surface area (Å²) in [7, 11) is 1.61. The average Bonchev–Trinajstić information content (AvgIpc) is 2.60. The Balaban J connectivity index is 2.28. The number of halogens is 2. The van der Waals surface area contributed by atoms with Crippen LogP contribution < -0.4 is 5.32 Å². The Morgan fingerprint density at radius 3 is 2.78 bits per heavy atom. The standard InChI is InChI=1S/C11H9Cl2N3O2/c1-16-7(5-6(12)9(16)13)11(18)15-10-8(17)3-2-4-14-10/h2-5,17H,1H3,(H,14,15,18). The van der Waals surface area contributed by atoms with Gasteiger partial charge in [0.05, 0.1) is 5.02 Å². The second kappa shape index (κ2) is 4.88. The van der Waals surface area contributed by atoms with Gasteiger partial charge in [-0.05, 0) is 18.2 Å². The molecule has 0 aromatic carbocycles. The number of pyridine rings is 1. The zero-order valence-corrected chi connectivity index (χ0v) is 10.8. The monoisotopic (exact) mass is 285 g/mol. The summed E-state index contributed by atoms with van der Waals surface area (Å²) in [6.45, 7) is 0. The number of hydrogen-bond acceptors (Lipinski definition) is 3. The molecule has 0 aliphatic heterocycles. The molecule has 1 amide bonds. The zero-order chi connectivity index (χ0) is 13.3. The van der Waals surface area contributed by atoms with Crippen molar-refractivity contribution in [1.29, 1.82) is 0 Å². The second-order valence-corrected chi connectivity index (χ2v) is 4.32. The van der Waals surface area contributed by atoms with E-state index in [9.17, 15) is 9.90 Å². The van der Waals surface area contributed by atoms with E-state index >= 15 is 0 Å². The molecule has 0 aliphatic rings. The molecule has 0 saturated heterocycles. The summed E-state index contributed by atoms with van der Waals surface area (Å²) in [5.74, 6) is -0.492. The minimum Gasteiger partial charge on any atom is -0.504 e. The maximum absolute atomic E-state index is 12.0. The van der Waals surface area contributed by atoms with Gasteiger partial charge in [-0.15, -0.1) is 0 Å². The number of nitrogens with zero attached hydrogens (tertiary/aromatic N) is 2. The van der Waals surface area contributed by atoms with Crippen molar-refractivity contribution in [1.82, 2.24) is 9.55 Å². The summed E-state index contributed by atoms with van der Waals surface area (Å²) in [5, 5.41) is 12.5. The maximum Gasteiger partial charge on any atom is 0.273 e. The van der Waals surface area contributed by atoms with E-state index < -0.39 is 5.91 Å². The average molecular weight is 286 g/mol. The maximum atomic E-state index is 12.0. The van der Waals surface area contributed by atoms with Crippen LogP contribution in [0.1, 0.15) is 10.5 Å². The molecule has 0 atom stereocenters. The third-order valence-electron chi connectivity index (χ3n) is 2.37. The van der Waals surface area contributed by atoms with Crippen molar-refractivity contribution in [3.05, 3.63) is 40.3 Å². The number of nitrogens with one attached hydrogen (secondary N) is 1. The van der Waals surface area contributed by atoms with E-state index in [1.54, 1.807) is 13.1 Å². The first-order valence-electron chi connectivity index (χ1n) is 4.96. The number of aromatic hydroxyl groups is 1. The Labute approximate surface area is 113 Å². The summed E-state index contributed by atoms with van der Waals surface area (Å²) in [6, 6.07) is 4.42. The number of carbonyl (C=O) groups excluding carboxylic acids is 1. The van der Waals surface area contributed by atoms with Crippen LogP contribution in [0, 0.1) is 0 Å². The first kappa shape index (κ1) is 12.7. The van der Waals surface area contributed by atoms with E-state index in [0.717, 1.165) is 0 Å². The third-order valence-corrected chi connectivity index (χ3v) is 3.21. The van der Waals surface area contributed by atoms with E-state index in [1.165, 1.54) is 22.9 Å². The largest absolute Gasteiger partial charge is 0.504 e. The van der Waals surface area contributed by atoms with Crippen molar-refractivity contribution in [2.75, 3.05) is 5.32 Å². The number of aromatic nitrogens is 2. The number of anilines is 1. The van der Waals surface area contributed by atoms with Gasteiger partial charge in [0.2, 0.25) is 0 Å². The summed E-state index contributed by atoms with van der Waals surface area (Å²) >= 11 is 11.7. The lowest BCUT2D eigenvalue weighted by atomic mass is 10.3. The lowest BCUT2D eigenvalue weighted by molar-refractivity contribution is 0.101. The van der Waals surface area contributed by atoms with Crippen LogP contribution >= 0.6 is 23.2 Å². The first-order valence-corrected chi connectivity index (χ1v) is 5.72. The predicted molar refractivity (Wildman–Crippen MR) is 69.3 cm³/mol. The van der Waals surface area contributed by atoms with Gasteiger partial charge in [0, 0.05) is 13.2 Å². The highest BCUT2D eigenvalue weighted by atomic mass is 35.5. The Morgan fingerprint density at radius 2 is 2.22 bits per heavy atom. The van der Waals surface area contributed by atoms with Crippen LogP contribution in [0.25, 0.3) is 0 Å². The van der Waals surface area contributed by atoms with Crippen molar-refractivity contribution < 1.29 is 9.90 Å². The Hall–Kier alpha value is -1.72. The molecule has 94 valence electrons. The van der Waals surface area contributed by atoms with Crippen molar-refractivity contribution in [3.8, 4) is 5.75 Å². The molecular formula is C11H9Cl2N3O2. The van der Waals surface area contributed by atoms with E-state index in [-0.39, 0.29) is 27.4 Å². The van der Waals surface area contributed by atoms with Gasteiger partial charge in [-0.3, -0.25) is 4.79 Å². The normalized spacial score (nSPS) is 10.4. The lowest BCUT2D eigenvalue weighted by Gasteiger charge is -2.06. The molecule has 0 aliphatic carbocycles. The summed E-state index contributed by atoms with van der Waals surface area (Å²) in [6.07, 6.45) is 1.46. The predicted octanol–water partition coefficient (Wildman–Crippen LogP) is 2.68. The van der Waals surface area contributed by atoms with Gasteiger partial charge in [0.1, 0.15) is 10.8 Å². The number of amides is 1. The molecule has 0 bridgehead atoms. The summed E-state index contributed by atoms with van der Waals surface area (Å²) < 4.78 is 1.44. The highest BCUT2D eigenvalue weighted by molar-refractivity contribution is 6.42. The molecule has 5 nitrogen and oxygen atoms in total. The zero-order valence-electron chi connectivity index (χ0n) is 9.32. The third kappa shape index (κ3) is 2.27. The number of rotatable bonds is 2.